The van der Waals surface area contributed by atoms with Gasteiger partial charge in [-0.2, -0.15) is 8.78 Å². The highest BCUT2D eigenvalue weighted by molar-refractivity contribution is 5.33. The zero-order valence-electron chi connectivity index (χ0n) is 9.99. The lowest BCUT2D eigenvalue weighted by atomic mass is 9.92. The summed E-state index contributed by atoms with van der Waals surface area (Å²) >= 11 is 0. The summed E-state index contributed by atoms with van der Waals surface area (Å²) in [4.78, 5) is 6.98. The minimum Gasteiger partial charge on any atom is -0.357 e. The predicted octanol–water partition coefficient (Wildman–Crippen LogP) is 2.77. The maximum Gasteiger partial charge on any atom is 0.341 e. The summed E-state index contributed by atoms with van der Waals surface area (Å²) in [5.74, 6) is -6.31. The van der Waals surface area contributed by atoms with E-state index in [9.17, 15) is 17.6 Å². The average Bonchev–Trinajstić information content (AvgIpc) is 3.21. The van der Waals surface area contributed by atoms with Gasteiger partial charge >= 0.3 is 5.92 Å². The van der Waals surface area contributed by atoms with Gasteiger partial charge in [0.25, 0.3) is 0 Å². The van der Waals surface area contributed by atoms with E-state index in [2.05, 4.69) is 9.97 Å². The molecule has 0 spiro atoms. The maximum absolute atomic E-state index is 14.5. The Balaban J connectivity index is 2.08. The molecule has 1 aromatic carbocycles. The Labute approximate surface area is 111 Å². The second kappa shape index (κ2) is 4.24. The number of alkyl halides is 2. The lowest BCUT2D eigenvalue weighted by Crippen LogP contribution is -2.35. The number of benzene rings is 1. The molecule has 1 unspecified atom stereocenters. The first-order chi connectivity index (χ1) is 9.47. The van der Waals surface area contributed by atoms with E-state index in [0.29, 0.717) is 6.07 Å². The van der Waals surface area contributed by atoms with E-state index in [0.717, 1.165) is 24.5 Å². The van der Waals surface area contributed by atoms with Gasteiger partial charge in [0.15, 0.2) is 5.60 Å². The molecule has 3 nitrogen and oxygen atoms in total. The Bertz CT molecular complexity index is 644. The van der Waals surface area contributed by atoms with Crippen molar-refractivity contribution in [1.29, 1.82) is 0 Å². The molecule has 0 saturated carbocycles. The van der Waals surface area contributed by atoms with Crippen LogP contribution in [0.25, 0.3) is 0 Å². The van der Waals surface area contributed by atoms with Crippen LogP contribution in [0.15, 0.2) is 36.7 Å². The van der Waals surface area contributed by atoms with E-state index >= 15 is 0 Å². The third-order valence-corrected chi connectivity index (χ3v) is 3.15. The number of aromatic nitrogens is 2. The molecule has 1 fully saturated rings. The van der Waals surface area contributed by atoms with Crippen molar-refractivity contribution in [2.45, 2.75) is 11.5 Å². The van der Waals surface area contributed by atoms with Crippen LogP contribution >= 0.6 is 0 Å². The minimum absolute atomic E-state index is 0.388. The van der Waals surface area contributed by atoms with Crippen LogP contribution in [0.1, 0.15) is 11.4 Å². The number of ether oxygens (including phenoxy) is 1. The quantitative estimate of drug-likeness (QED) is 0.642. The molecule has 104 valence electrons. The summed E-state index contributed by atoms with van der Waals surface area (Å²) in [5.41, 5.74) is -2.58. The lowest BCUT2D eigenvalue weighted by Gasteiger charge is -2.23. The third kappa shape index (κ3) is 1.77. The molecular weight excluding hydrogens is 276 g/mol. The number of epoxide rings is 1. The van der Waals surface area contributed by atoms with Crippen LogP contribution in [-0.4, -0.2) is 16.6 Å². The standard InChI is InChI=1S/C13H8F4N2O/c14-8-2-3-9(10(15)6-8)12(7-20-12)13(16,17)11-18-4-1-5-19-11/h1-6H,7H2. The van der Waals surface area contributed by atoms with Crippen LogP contribution in [0, 0.1) is 11.6 Å². The summed E-state index contributed by atoms with van der Waals surface area (Å²) in [7, 11) is 0. The van der Waals surface area contributed by atoms with E-state index in [4.69, 9.17) is 4.74 Å². The van der Waals surface area contributed by atoms with Crippen molar-refractivity contribution in [3.63, 3.8) is 0 Å². The van der Waals surface area contributed by atoms with Crippen LogP contribution in [-0.2, 0) is 16.3 Å². The van der Waals surface area contributed by atoms with Crippen molar-refractivity contribution in [2.24, 2.45) is 0 Å². The molecule has 7 heteroatoms. The zero-order chi connectivity index (χ0) is 14.4. The second-order valence-electron chi connectivity index (χ2n) is 4.39. The van der Waals surface area contributed by atoms with E-state index < -0.39 is 34.5 Å². The fourth-order valence-corrected chi connectivity index (χ4v) is 2.04. The Hall–Kier alpha value is -2.02. The fraction of sp³-hybridized carbons (Fsp3) is 0.231. The summed E-state index contributed by atoms with van der Waals surface area (Å²) < 4.78 is 60.4. The summed E-state index contributed by atoms with van der Waals surface area (Å²) in [6.45, 7) is -0.388. The van der Waals surface area contributed by atoms with Gasteiger partial charge in [-0.05, 0) is 18.2 Å². The van der Waals surface area contributed by atoms with Gasteiger partial charge < -0.3 is 4.74 Å². The summed E-state index contributed by atoms with van der Waals surface area (Å²) in [5, 5.41) is 0. The van der Waals surface area contributed by atoms with Gasteiger partial charge in [0.2, 0.25) is 5.82 Å². The van der Waals surface area contributed by atoms with Gasteiger partial charge in [0.05, 0.1) is 6.61 Å². The molecule has 1 aromatic heterocycles. The molecule has 0 aliphatic carbocycles. The number of halogens is 4. The Morgan fingerprint density at radius 1 is 1.15 bits per heavy atom. The third-order valence-electron chi connectivity index (χ3n) is 3.15. The van der Waals surface area contributed by atoms with Crippen LogP contribution in [0.5, 0.6) is 0 Å². The highest BCUT2D eigenvalue weighted by atomic mass is 19.3. The monoisotopic (exact) mass is 284 g/mol. The van der Waals surface area contributed by atoms with Crippen LogP contribution in [0.4, 0.5) is 17.6 Å². The zero-order valence-corrected chi connectivity index (χ0v) is 9.99. The van der Waals surface area contributed by atoms with Crippen molar-refractivity contribution in [3.8, 4) is 0 Å². The van der Waals surface area contributed by atoms with Crippen LogP contribution in [0.2, 0.25) is 0 Å². The second-order valence-corrected chi connectivity index (χ2v) is 4.39. The van der Waals surface area contributed by atoms with Crippen molar-refractivity contribution in [3.05, 3.63) is 59.7 Å². The molecule has 1 saturated heterocycles. The van der Waals surface area contributed by atoms with Crippen LogP contribution in [0.3, 0.4) is 0 Å². The van der Waals surface area contributed by atoms with Gasteiger partial charge in [0.1, 0.15) is 11.6 Å². The van der Waals surface area contributed by atoms with E-state index in [1.165, 1.54) is 6.07 Å². The topological polar surface area (TPSA) is 38.3 Å². The molecule has 2 aromatic rings. The molecule has 0 N–H and O–H groups in total. The van der Waals surface area contributed by atoms with Crippen LogP contribution < -0.4 is 0 Å². The van der Waals surface area contributed by atoms with E-state index in [1.54, 1.807) is 0 Å². The van der Waals surface area contributed by atoms with E-state index in [-0.39, 0.29) is 6.61 Å². The van der Waals surface area contributed by atoms with Gasteiger partial charge in [-0.3, -0.25) is 0 Å². The molecule has 2 heterocycles. The van der Waals surface area contributed by atoms with E-state index in [1.807, 2.05) is 0 Å². The molecule has 0 radical (unpaired) electrons. The highest BCUT2D eigenvalue weighted by Crippen LogP contribution is 2.55. The molecule has 0 amide bonds. The first-order valence-corrected chi connectivity index (χ1v) is 5.72. The molecule has 1 atom stereocenters. The Morgan fingerprint density at radius 2 is 1.80 bits per heavy atom. The molecule has 1 aliphatic rings. The van der Waals surface area contributed by atoms with Crippen molar-refractivity contribution in [2.75, 3.05) is 6.61 Å². The molecule has 3 rings (SSSR count). The molecule has 20 heavy (non-hydrogen) atoms. The lowest BCUT2D eigenvalue weighted by molar-refractivity contribution is -0.0939. The SMILES string of the molecule is Fc1ccc(C2(C(F)(F)c3ncccn3)CO2)c(F)c1. The first kappa shape index (κ1) is 13.0. The van der Waals surface area contributed by atoms with Gasteiger partial charge in [-0.1, -0.05) is 0 Å². The molecule has 1 aliphatic heterocycles. The fourth-order valence-electron chi connectivity index (χ4n) is 2.04. The van der Waals surface area contributed by atoms with Gasteiger partial charge in [-0.15, -0.1) is 0 Å². The number of hydrogen-bond donors (Lipinski definition) is 0. The smallest absolute Gasteiger partial charge is 0.341 e. The highest BCUT2D eigenvalue weighted by Gasteiger charge is 2.69. The summed E-state index contributed by atoms with van der Waals surface area (Å²) in [6, 6.07) is 3.79. The average molecular weight is 284 g/mol. The maximum atomic E-state index is 14.5. The first-order valence-electron chi connectivity index (χ1n) is 5.72. The number of rotatable bonds is 3. The number of nitrogens with zero attached hydrogens (tertiary/aromatic N) is 2. The Kier molecular flexibility index (Phi) is 2.75. The molecular formula is C13H8F4N2O. The minimum atomic E-state index is -3.62. The Morgan fingerprint density at radius 3 is 2.35 bits per heavy atom. The molecule has 0 bridgehead atoms. The van der Waals surface area contributed by atoms with Crippen molar-refractivity contribution >= 4 is 0 Å². The summed E-state index contributed by atoms with van der Waals surface area (Å²) in [6.07, 6.45) is 2.32. The largest absolute Gasteiger partial charge is 0.357 e. The van der Waals surface area contributed by atoms with Gasteiger partial charge in [-0.25, -0.2) is 18.7 Å². The normalized spacial score (nSPS) is 21.8. The van der Waals surface area contributed by atoms with Crippen molar-refractivity contribution in [1.82, 2.24) is 9.97 Å². The predicted molar refractivity (Wildman–Crippen MR) is 59.9 cm³/mol. The number of hydrogen-bond acceptors (Lipinski definition) is 3. The van der Waals surface area contributed by atoms with Gasteiger partial charge in [0, 0.05) is 24.0 Å². The van der Waals surface area contributed by atoms with Crippen molar-refractivity contribution < 1.29 is 22.3 Å².